The Hall–Kier alpha value is -3.12. The van der Waals surface area contributed by atoms with E-state index in [4.69, 9.17) is 4.74 Å². The van der Waals surface area contributed by atoms with Crippen molar-refractivity contribution in [3.05, 3.63) is 96.3 Å². The van der Waals surface area contributed by atoms with Crippen molar-refractivity contribution in [2.45, 2.75) is 17.4 Å². The van der Waals surface area contributed by atoms with Crippen LogP contribution in [0, 0.1) is 5.82 Å². The van der Waals surface area contributed by atoms with E-state index < -0.39 is 23.8 Å². The van der Waals surface area contributed by atoms with Crippen molar-refractivity contribution in [1.82, 2.24) is 0 Å². The SMILES string of the molecule is O=C(CCSc1ccccc1)O[C@H](C(=O)Nc1ccc(F)cc1)c1ccccc1. The number of carbonyl (C=O) groups excluding carboxylic acids is 2. The number of thioether (sulfide) groups is 1. The zero-order valence-electron chi connectivity index (χ0n) is 15.6. The van der Waals surface area contributed by atoms with Crippen LogP contribution in [0.2, 0.25) is 0 Å². The minimum absolute atomic E-state index is 0.173. The second-order valence-electron chi connectivity index (χ2n) is 6.19. The largest absolute Gasteiger partial charge is 0.447 e. The third-order valence-corrected chi connectivity index (χ3v) is 5.03. The first-order valence-electron chi connectivity index (χ1n) is 9.10. The van der Waals surface area contributed by atoms with E-state index in [2.05, 4.69) is 5.32 Å². The van der Waals surface area contributed by atoms with Crippen molar-refractivity contribution < 1.29 is 18.7 Å². The molecule has 0 spiro atoms. The Morgan fingerprint density at radius 3 is 2.17 bits per heavy atom. The zero-order chi connectivity index (χ0) is 20.5. The molecule has 0 unspecified atom stereocenters. The first kappa shape index (κ1) is 20.6. The molecular weight excluding hydrogens is 389 g/mol. The molecular formula is C23H20FNO3S. The number of amides is 1. The number of ether oxygens (including phenoxy) is 1. The van der Waals surface area contributed by atoms with Gasteiger partial charge in [0.1, 0.15) is 5.82 Å². The van der Waals surface area contributed by atoms with Crippen LogP contribution < -0.4 is 5.32 Å². The molecule has 1 atom stereocenters. The molecule has 3 aromatic rings. The normalized spacial score (nSPS) is 11.5. The molecule has 3 aromatic carbocycles. The Balaban J connectivity index is 1.63. The average Bonchev–Trinajstić information content (AvgIpc) is 2.75. The third-order valence-electron chi connectivity index (χ3n) is 4.02. The lowest BCUT2D eigenvalue weighted by Crippen LogP contribution is -2.26. The van der Waals surface area contributed by atoms with Gasteiger partial charge in [0.25, 0.3) is 5.91 Å². The summed E-state index contributed by atoms with van der Waals surface area (Å²) in [4.78, 5) is 26.2. The predicted octanol–water partition coefficient (Wildman–Crippen LogP) is 5.23. The maximum atomic E-state index is 13.1. The Morgan fingerprint density at radius 2 is 1.52 bits per heavy atom. The Labute approximate surface area is 173 Å². The number of esters is 1. The topological polar surface area (TPSA) is 55.4 Å². The summed E-state index contributed by atoms with van der Waals surface area (Å²) in [5.74, 6) is -0.808. The van der Waals surface area contributed by atoms with Crippen LogP contribution in [-0.2, 0) is 14.3 Å². The molecule has 0 aliphatic rings. The third kappa shape index (κ3) is 6.47. The van der Waals surface area contributed by atoms with E-state index in [1.54, 1.807) is 36.0 Å². The standard InChI is InChI=1S/C23H20FNO3S/c24-18-11-13-19(14-12-18)25-23(27)22(17-7-3-1-4-8-17)28-21(26)15-16-29-20-9-5-2-6-10-20/h1-14,22H,15-16H2,(H,25,27)/t22-/m0/s1. The van der Waals surface area contributed by atoms with Gasteiger partial charge in [0.05, 0.1) is 6.42 Å². The molecule has 3 rings (SSSR count). The van der Waals surface area contributed by atoms with E-state index in [-0.39, 0.29) is 6.42 Å². The molecule has 0 saturated carbocycles. The zero-order valence-corrected chi connectivity index (χ0v) is 16.4. The lowest BCUT2D eigenvalue weighted by atomic mass is 10.1. The van der Waals surface area contributed by atoms with Gasteiger partial charge in [-0.25, -0.2) is 4.39 Å². The summed E-state index contributed by atoms with van der Waals surface area (Å²) in [5, 5.41) is 2.67. The maximum absolute atomic E-state index is 13.1. The van der Waals surface area contributed by atoms with Crippen molar-refractivity contribution in [3.63, 3.8) is 0 Å². The summed E-state index contributed by atoms with van der Waals surface area (Å²) in [6.07, 6.45) is -0.914. The van der Waals surface area contributed by atoms with Gasteiger partial charge >= 0.3 is 5.97 Å². The minimum atomic E-state index is -1.09. The summed E-state index contributed by atoms with van der Waals surface area (Å²) in [6, 6.07) is 24.0. The number of benzene rings is 3. The van der Waals surface area contributed by atoms with Gasteiger partial charge in [-0.1, -0.05) is 48.5 Å². The lowest BCUT2D eigenvalue weighted by molar-refractivity contribution is -0.154. The first-order valence-corrected chi connectivity index (χ1v) is 10.1. The van der Waals surface area contributed by atoms with Gasteiger partial charge in [0, 0.05) is 21.9 Å². The highest BCUT2D eigenvalue weighted by Gasteiger charge is 2.25. The molecule has 0 heterocycles. The fourth-order valence-corrected chi connectivity index (χ4v) is 3.46. The van der Waals surface area contributed by atoms with Crippen LogP contribution in [0.5, 0.6) is 0 Å². The van der Waals surface area contributed by atoms with E-state index in [1.807, 2.05) is 36.4 Å². The summed E-state index contributed by atoms with van der Waals surface area (Å²) in [7, 11) is 0. The molecule has 0 fully saturated rings. The highest BCUT2D eigenvalue weighted by Crippen LogP contribution is 2.23. The van der Waals surface area contributed by atoms with Gasteiger partial charge in [0.2, 0.25) is 6.10 Å². The van der Waals surface area contributed by atoms with Crippen molar-refractivity contribution in [2.24, 2.45) is 0 Å². The van der Waals surface area contributed by atoms with Gasteiger partial charge in [-0.3, -0.25) is 9.59 Å². The van der Waals surface area contributed by atoms with Crippen molar-refractivity contribution in [2.75, 3.05) is 11.1 Å². The van der Waals surface area contributed by atoms with Crippen LogP contribution in [-0.4, -0.2) is 17.6 Å². The smallest absolute Gasteiger partial charge is 0.307 e. The fourth-order valence-electron chi connectivity index (χ4n) is 2.60. The molecule has 29 heavy (non-hydrogen) atoms. The van der Waals surface area contributed by atoms with Crippen LogP contribution in [0.4, 0.5) is 10.1 Å². The number of anilines is 1. The molecule has 0 saturated heterocycles. The number of halogens is 1. The molecule has 0 bridgehead atoms. The molecule has 0 aromatic heterocycles. The number of nitrogens with one attached hydrogen (secondary N) is 1. The quantitative estimate of drug-likeness (QED) is 0.409. The number of rotatable bonds is 8. The Bertz CT molecular complexity index is 933. The van der Waals surface area contributed by atoms with Crippen molar-refractivity contribution in [1.29, 1.82) is 0 Å². The number of hydrogen-bond acceptors (Lipinski definition) is 4. The summed E-state index contributed by atoms with van der Waals surface area (Å²) >= 11 is 1.55. The Morgan fingerprint density at radius 1 is 0.897 bits per heavy atom. The van der Waals surface area contributed by atoms with Crippen LogP contribution in [0.1, 0.15) is 18.1 Å². The first-order chi connectivity index (χ1) is 14.1. The molecule has 0 radical (unpaired) electrons. The van der Waals surface area contributed by atoms with E-state index in [9.17, 15) is 14.0 Å². The lowest BCUT2D eigenvalue weighted by Gasteiger charge is -2.18. The van der Waals surface area contributed by atoms with Gasteiger partial charge < -0.3 is 10.1 Å². The summed E-state index contributed by atoms with van der Waals surface area (Å²) in [5.41, 5.74) is 0.990. The monoisotopic (exact) mass is 409 g/mol. The van der Waals surface area contributed by atoms with Gasteiger partial charge in [-0.15, -0.1) is 11.8 Å². The number of hydrogen-bond donors (Lipinski definition) is 1. The van der Waals surface area contributed by atoms with Gasteiger partial charge in [0.15, 0.2) is 0 Å². The van der Waals surface area contributed by atoms with Crippen LogP contribution in [0.3, 0.4) is 0 Å². The highest BCUT2D eigenvalue weighted by atomic mass is 32.2. The van der Waals surface area contributed by atoms with E-state index in [1.165, 1.54) is 24.3 Å². The summed E-state index contributed by atoms with van der Waals surface area (Å²) < 4.78 is 18.6. The maximum Gasteiger partial charge on any atom is 0.307 e. The molecule has 1 N–H and O–H groups in total. The van der Waals surface area contributed by atoms with E-state index in [0.717, 1.165) is 4.90 Å². The molecule has 4 nitrogen and oxygen atoms in total. The average molecular weight is 409 g/mol. The van der Waals surface area contributed by atoms with Crippen LogP contribution in [0.25, 0.3) is 0 Å². The second kappa shape index (κ2) is 10.4. The van der Waals surface area contributed by atoms with Gasteiger partial charge in [-0.2, -0.15) is 0 Å². The number of carbonyl (C=O) groups is 2. The molecule has 0 aliphatic heterocycles. The molecule has 148 valence electrons. The molecule has 6 heteroatoms. The minimum Gasteiger partial charge on any atom is -0.447 e. The van der Waals surface area contributed by atoms with Crippen molar-refractivity contribution >= 4 is 29.3 Å². The summed E-state index contributed by atoms with van der Waals surface area (Å²) in [6.45, 7) is 0. The second-order valence-corrected chi connectivity index (χ2v) is 7.36. The van der Waals surface area contributed by atoms with E-state index >= 15 is 0 Å². The fraction of sp³-hybridized carbons (Fsp3) is 0.130. The molecule has 1 amide bonds. The predicted molar refractivity (Wildman–Crippen MR) is 112 cm³/mol. The van der Waals surface area contributed by atoms with Crippen molar-refractivity contribution in [3.8, 4) is 0 Å². The van der Waals surface area contributed by atoms with E-state index in [0.29, 0.717) is 17.0 Å². The Kier molecular flexibility index (Phi) is 7.41. The van der Waals surface area contributed by atoms with Gasteiger partial charge in [-0.05, 0) is 36.4 Å². The molecule has 0 aliphatic carbocycles. The highest BCUT2D eigenvalue weighted by molar-refractivity contribution is 7.99. The van der Waals surface area contributed by atoms with Crippen LogP contribution >= 0.6 is 11.8 Å². The van der Waals surface area contributed by atoms with Crippen LogP contribution in [0.15, 0.2) is 89.8 Å².